The molecule has 2 aromatic rings. The number of Topliss-reactive ketones (excluding diaryl/α,β-unsaturated/α-hetero) is 1. The van der Waals surface area contributed by atoms with Crippen LogP contribution >= 0.6 is 11.8 Å². The second-order valence-electron chi connectivity index (χ2n) is 6.91. The lowest BCUT2D eigenvalue weighted by Gasteiger charge is -2.32. The predicted molar refractivity (Wildman–Crippen MR) is 111 cm³/mol. The van der Waals surface area contributed by atoms with Gasteiger partial charge in [0.05, 0.1) is 40.3 Å². The lowest BCUT2D eigenvalue weighted by molar-refractivity contribution is -0.116. The van der Waals surface area contributed by atoms with E-state index in [4.69, 9.17) is 4.42 Å². The van der Waals surface area contributed by atoms with Gasteiger partial charge in [-0.1, -0.05) is 23.9 Å². The van der Waals surface area contributed by atoms with Crippen LogP contribution in [0, 0.1) is 17.1 Å². The first-order valence-corrected chi connectivity index (χ1v) is 10.4. The lowest BCUT2D eigenvalue weighted by atomic mass is 9.79. The molecule has 0 bridgehead atoms. The van der Waals surface area contributed by atoms with E-state index in [-0.39, 0.29) is 17.2 Å². The summed E-state index contributed by atoms with van der Waals surface area (Å²) < 4.78 is 19.3. The molecular formula is C22H18FN3O3S. The van der Waals surface area contributed by atoms with Crippen molar-refractivity contribution >= 4 is 29.1 Å². The molecule has 1 amide bonds. The largest absolute Gasteiger partial charge is 0.468 e. The third-order valence-electron chi connectivity index (χ3n) is 4.99. The Labute approximate surface area is 176 Å². The molecule has 1 aromatic carbocycles. The molecule has 4 rings (SSSR count). The number of carbonyl (C=O) groups is 2. The van der Waals surface area contributed by atoms with Gasteiger partial charge in [0, 0.05) is 17.7 Å². The molecule has 2 heterocycles. The number of ketones is 1. The maximum absolute atomic E-state index is 13.8. The average Bonchev–Trinajstić information content (AvgIpc) is 3.27. The number of halogens is 1. The molecule has 1 aromatic heterocycles. The van der Waals surface area contributed by atoms with Gasteiger partial charge in [-0.15, -0.1) is 0 Å². The molecule has 0 radical (unpaired) electrons. The molecule has 0 saturated heterocycles. The number of nitrogens with zero attached hydrogens (tertiary/aromatic N) is 1. The minimum absolute atomic E-state index is 0.000698. The molecule has 152 valence electrons. The average molecular weight is 423 g/mol. The van der Waals surface area contributed by atoms with Crippen LogP contribution in [0.2, 0.25) is 0 Å². The highest BCUT2D eigenvalue weighted by Crippen LogP contribution is 2.44. The summed E-state index contributed by atoms with van der Waals surface area (Å²) in [6.07, 6.45) is 3.35. The van der Waals surface area contributed by atoms with Crippen molar-refractivity contribution in [1.82, 2.24) is 5.32 Å². The zero-order chi connectivity index (χ0) is 21.1. The highest BCUT2D eigenvalue weighted by molar-refractivity contribution is 8.03. The van der Waals surface area contributed by atoms with E-state index < -0.39 is 17.6 Å². The van der Waals surface area contributed by atoms with Gasteiger partial charge in [0.25, 0.3) is 0 Å². The predicted octanol–water partition coefficient (Wildman–Crippen LogP) is 4.22. The van der Waals surface area contributed by atoms with Crippen molar-refractivity contribution in [2.45, 2.75) is 25.2 Å². The van der Waals surface area contributed by atoms with E-state index in [0.29, 0.717) is 34.8 Å². The van der Waals surface area contributed by atoms with Crippen molar-refractivity contribution in [3.05, 3.63) is 76.1 Å². The molecule has 6 nitrogen and oxygen atoms in total. The summed E-state index contributed by atoms with van der Waals surface area (Å²) in [4.78, 5) is 25.0. The molecule has 1 aliphatic heterocycles. The molecule has 1 atom stereocenters. The Balaban J connectivity index is 1.58. The zero-order valence-electron chi connectivity index (χ0n) is 15.9. The van der Waals surface area contributed by atoms with E-state index in [2.05, 4.69) is 16.7 Å². The fourth-order valence-corrected chi connectivity index (χ4v) is 4.53. The van der Waals surface area contributed by atoms with Crippen molar-refractivity contribution in [2.24, 2.45) is 0 Å². The van der Waals surface area contributed by atoms with Crippen LogP contribution in [0.5, 0.6) is 0 Å². The van der Waals surface area contributed by atoms with Crippen LogP contribution in [-0.2, 0) is 9.59 Å². The Morgan fingerprint density at radius 3 is 2.87 bits per heavy atom. The molecule has 2 N–H and O–H groups in total. The number of hydrogen-bond donors (Lipinski definition) is 2. The van der Waals surface area contributed by atoms with Crippen LogP contribution < -0.4 is 10.6 Å². The molecule has 30 heavy (non-hydrogen) atoms. The Bertz CT molecular complexity index is 1100. The summed E-state index contributed by atoms with van der Waals surface area (Å²) in [5.74, 6) is -1.01. The number of dihydropyridines is 1. The van der Waals surface area contributed by atoms with Gasteiger partial charge in [0.1, 0.15) is 11.6 Å². The van der Waals surface area contributed by atoms with E-state index in [1.165, 1.54) is 18.4 Å². The van der Waals surface area contributed by atoms with Gasteiger partial charge in [-0.05, 0) is 37.1 Å². The van der Waals surface area contributed by atoms with Crippen molar-refractivity contribution in [3.63, 3.8) is 0 Å². The van der Waals surface area contributed by atoms with Gasteiger partial charge in [-0.3, -0.25) is 9.59 Å². The maximum atomic E-state index is 13.8. The summed E-state index contributed by atoms with van der Waals surface area (Å²) in [6.45, 7) is 0. The van der Waals surface area contributed by atoms with Crippen molar-refractivity contribution in [1.29, 1.82) is 5.26 Å². The number of para-hydroxylation sites is 1. The number of nitriles is 1. The summed E-state index contributed by atoms with van der Waals surface area (Å²) in [6, 6.07) is 11.6. The Kier molecular flexibility index (Phi) is 5.72. The molecule has 1 unspecified atom stereocenters. The van der Waals surface area contributed by atoms with Gasteiger partial charge >= 0.3 is 0 Å². The van der Waals surface area contributed by atoms with Crippen LogP contribution in [0.1, 0.15) is 30.9 Å². The highest BCUT2D eigenvalue weighted by atomic mass is 32.2. The topological polar surface area (TPSA) is 95.1 Å². The summed E-state index contributed by atoms with van der Waals surface area (Å²) in [5, 5.41) is 16.1. The Morgan fingerprint density at radius 2 is 2.13 bits per heavy atom. The number of hydrogen-bond acceptors (Lipinski definition) is 6. The first-order valence-electron chi connectivity index (χ1n) is 9.46. The molecule has 0 spiro atoms. The standard InChI is InChI=1S/C22H18FN3O3S/c23-14-5-1-2-6-15(14)25-19(28)12-30-22-13(11-24)20(18-9-4-10-29-18)21-16(26-22)7-3-8-17(21)27/h1-2,4-6,9-10,20,26H,3,7-8,12H2,(H,25,28). The number of amides is 1. The van der Waals surface area contributed by atoms with E-state index in [1.54, 1.807) is 24.3 Å². The third-order valence-corrected chi connectivity index (χ3v) is 6.00. The van der Waals surface area contributed by atoms with E-state index in [1.807, 2.05) is 0 Å². The minimum atomic E-state index is -0.592. The number of thioether (sulfide) groups is 1. The third kappa shape index (κ3) is 3.89. The van der Waals surface area contributed by atoms with Crippen molar-refractivity contribution in [3.8, 4) is 6.07 Å². The molecule has 1 aliphatic carbocycles. The Hall–Kier alpha value is -3.31. The summed E-state index contributed by atoms with van der Waals surface area (Å²) >= 11 is 1.15. The quantitative estimate of drug-likeness (QED) is 0.748. The van der Waals surface area contributed by atoms with E-state index >= 15 is 0 Å². The summed E-state index contributed by atoms with van der Waals surface area (Å²) in [5.41, 5.74) is 1.77. The molecule has 0 fully saturated rings. The van der Waals surface area contributed by atoms with Crippen LogP contribution in [0.3, 0.4) is 0 Å². The molecule has 8 heteroatoms. The molecular weight excluding hydrogens is 405 g/mol. The highest BCUT2D eigenvalue weighted by Gasteiger charge is 2.38. The lowest BCUT2D eigenvalue weighted by Crippen LogP contribution is -2.31. The fraction of sp³-hybridized carbons (Fsp3) is 0.227. The van der Waals surface area contributed by atoms with E-state index in [0.717, 1.165) is 23.9 Å². The van der Waals surface area contributed by atoms with Gasteiger partial charge in [0.15, 0.2) is 5.78 Å². The van der Waals surface area contributed by atoms with Crippen LogP contribution in [0.25, 0.3) is 0 Å². The number of nitrogens with one attached hydrogen (secondary N) is 2. The fourth-order valence-electron chi connectivity index (χ4n) is 3.66. The normalized spacial score (nSPS) is 18.5. The number of carbonyl (C=O) groups excluding carboxylic acids is 2. The van der Waals surface area contributed by atoms with Crippen molar-refractivity contribution in [2.75, 3.05) is 11.1 Å². The summed E-state index contributed by atoms with van der Waals surface area (Å²) in [7, 11) is 0. The van der Waals surface area contributed by atoms with Gasteiger partial charge in [-0.25, -0.2) is 4.39 Å². The van der Waals surface area contributed by atoms with Crippen LogP contribution in [-0.4, -0.2) is 17.4 Å². The second-order valence-corrected chi connectivity index (χ2v) is 7.90. The second kappa shape index (κ2) is 8.59. The first-order chi connectivity index (χ1) is 14.6. The maximum Gasteiger partial charge on any atom is 0.234 e. The van der Waals surface area contributed by atoms with Crippen LogP contribution in [0.15, 0.2) is 69.0 Å². The van der Waals surface area contributed by atoms with E-state index in [9.17, 15) is 19.2 Å². The number of allylic oxidation sites excluding steroid dienone is 3. The number of furan rings is 1. The van der Waals surface area contributed by atoms with Gasteiger partial charge in [0.2, 0.25) is 5.91 Å². The first kappa shape index (κ1) is 20.0. The van der Waals surface area contributed by atoms with Crippen molar-refractivity contribution < 1.29 is 18.4 Å². The van der Waals surface area contributed by atoms with Gasteiger partial charge < -0.3 is 15.1 Å². The zero-order valence-corrected chi connectivity index (χ0v) is 16.7. The number of rotatable bonds is 5. The minimum Gasteiger partial charge on any atom is -0.468 e. The number of benzene rings is 1. The molecule has 2 aliphatic rings. The van der Waals surface area contributed by atoms with Crippen LogP contribution in [0.4, 0.5) is 10.1 Å². The monoisotopic (exact) mass is 423 g/mol. The Morgan fingerprint density at radius 1 is 1.30 bits per heavy atom. The smallest absolute Gasteiger partial charge is 0.234 e. The number of anilines is 1. The molecule has 0 saturated carbocycles. The SMILES string of the molecule is N#CC1=C(SCC(=O)Nc2ccccc2F)NC2=C(C(=O)CCC2)C1c1ccco1. The van der Waals surface area contributed by atoms with Gasteiger partial charge in [-0.2, -0.15) is 5.26 Å².